The lowest BCUT2D eigenvalue weighted by Gasteiger charge is -1.98. The number of carbonyl (C=O) groups is 1. The highest BCUT2D eigenvalue weighted by Gasteiger charge is 2.10. The Morgan fingerprint density at radius 1 is 2.00 bits per heavy atom. The standard InChI is InChI=1S/C3H8BNO2S/c1-8-4-2(5)3(6)7/h2,4H,5H2,1H3,(H,6,7). The van der Waals surface area contributed by atoms with Crippen molar-refractivity contribution < 1.29 is 9.90 Å². The summed E-state index contributed by atoms with van der Waals surface area (Å²) in [6, 6.07) is 0. The number of aliphatic carboxylic acids is 1. The molecule has 0 aromatic carbocycles. The molecule has 0 bridgehead atoms. The highest BCUT2D eigenvalue weighted by molar-refractivity contribution is 8.22. The molecule has 0 aromatic rings. The fraction of sp³-hybridized carbons (Fsp3) is 0.667. The van der Waals surface area contributed by atoms with E-state index >= 15 is 0 Å². The fourth-order valence-electron chi connectivity index (χ4n) is 0.251. The van der Waals surface area contributed by atoms with Crippen molar-refractivity contribution in [3.05, 3.63) is 0 Å². The molecule has 5 heteroatoms. The van der Waals surface area contributed by atoms with Crippen molar-refractivity contribution >= 4 is 24.1 Å². The molecule has 0 aliphatic rings. The Morgan fingerprint density at radius 3 is 2.62 bits per heavy atom. The van der Waals surface area contributed by atoms with Crippen LogP contribution in [-0.2, 0) is 4.79 Å². The Morgan fingerprint density at radius 2 is 2.50 bits per heavy atom. The molecule has 0 rings (SSSR count). The first-order valence-corrected chi connectivity index (χ1v) is 3.55. The van der Waals surface area contributed by atoms with Crippen LogP contribution >= 0.6 is 11.6 Å². The van der Waals surface area contributed by atoms with E-state index < -0.39 is 11.9 Å². The van der Waals surface area contributed by atoms with Crippen molar-refractivity contribution in [1.82, 2.24) is 0 Å². The van der Waals surface area contributed by atoms with E-state index in [4.69, 9.17) is 10.8 Å². The number of carboxylic acids is 1. The van der Waals surface area contributed by atoms with Gasteiger partial charge in [-0.05, 0) is 6.26 Å². The minimum absolute atomic E-state index is 0.481. The third kappa shape index (κ3) is 2.93. The average Bonchev–Trinajstić information content (AvgIpc) is 1.67. The number of hydrogen-bond acceptors (Lipinski definition) is 3. The zero-order valence-corrected chi connectivity index (χ0v) is 5.44. The summed E-state index contributed by atoms with van der Waals surface area (Å²) in [4.78, 5) is 9.95. The van der Waals surface area contributed by atoms with Crippen molar-refractivity contribution in [2.75, 3.05) is 6.26 Å². The van der Waals surface area contributed by atoms with Crippen LogP contribution in [0.3, 0.4) is 0 Å². The van der Waals surface area contributed by atoms with Gasteiger partial charge in [-0.2, -0.15) is 0 Å². The van der Waals surface area contributed by atoms with Crippen LogP contribution in [0.25, 0.3) is 0 Å². The molecule has 3 nitrogen and oxygen atoms in total. The molecule has 8 heavy (non-hydrogen) atoms. The number of hydrogen-bond donors (Lipinski definition) is 2. The molecule has 0 saturated carbocycles. The predicted molar refractivity (Wildman–Crippen MR) is 36.3 cm³/mol. The normalized spacial score (nSPS) is 12.8. The summed E-state index contributed by atoms with van der Waals surface area (Å²) in [5.41, 5.74) is 5.11. The summed E-state index contributed by atoms with van der Waals surface area (Å²) in [5, 5.41) is 8.17. The largest absolute Gasteiger partial charge is 0.481 e. The quantitative estimate of drug-likeness (QED) is 0.488. The first-order valence-electron chi connectivity index (χ1n) is 2.15. The lowest BCUT2D eigenvalue weighted by atomic mass is 9.96. The van der Waals surface area contributed by atoms with Gasteiger partial charge in [-0.1, -0.05) is 0 Å². The third-order valence-corrected chi connectivity index (χ3v) is 1.36. The molecule has 0 fully saturated rings. The topological polar surface area (TPSA) is 63.3 Å². The van der Waals surface area contributed by atoms with Gasteiger partial charge < -0.3 is 10.8 Å². The molecule has 3 N–H and O–H groups in total. The molecule has 0 saturated heterocycles. The maximum absolute atomic E-state index is 9.95. The molecule has 0 spiro atoms. The van der Waals surface area contributed by atoms with Crippen LogP contribution in [0.5, 0.6) is 0 Å². The van der Waals surface area contributed by atoms with Gasteiger partial charge in [0.1, 0.15) is 0 Å². The van der Waals surface area contributed by atoms with Crippen LogP contribution in [0.15, 0.2) is 0 Å². The lowest BCUT2D eigenvalue weighted by molar-refractivity contribution is -0.136. The third-order valence-electron chi connectivity index (χ3n) is 0.663. The predicted octanol–water partition coefficient (Wildman–Crippen LogP) is -0.930. The van der Waals surface area contributed by atoms with Crippen LogP contribution in [0.1, 0.15) is 0 Å². The van der Waals surface area contributed by atoms with E-state index in [1.54, 1.807) is 0 Å². The summed E-state index contributed by atoms with van der Waals surface area (Å²) < 4.78 is 0. The second-order valence-corrected chi connectivity index (χ2v) is 2.31. The minimum atomic E-state index is -0.931. The fourth-order valence-corrected chi connectivity index (χ4v) is 0.753. The Labute approximate surface area is 52.8 Å². The number of nitrogens with two attached hydrogens (primary N) is 1. The van der Waals surface area contributed by atoms with E-state index in [0.29, 0.717) is 6.56 Å². The van der Waals surface area contributed by atoms with Crippen molar-refractivity contribution in [3.8, 4) is 0 Å². The van der Waals surface area contributed by atoms with Crippen molar-refractivity contribution in [1.29, 1.82) is 0 Å². The molecule has 46 valence electrons. The van der Waals surface area contributed by atoms with Gasteiger partial charge in [-0.25, -0.2) is 11.6 Å². The van der Waals surface area contributed by atoms with Crippen LogP contribution in [-0.4, -0.2) is 29.8 Å². The van der Waals surface area contributed by atoms with Crippen LogP contribution in [0.2, 0.25) is 0 Å². The molecule has 1 atom stereocenters. The molecule has 0 aliphatic heterocycles. The van der Waals surface area contributed by atoms with Crippen LogP contribution < -0.4 is 5.73 Å². The molecule has 0 radical (unpaired) electrons. The van der Waals surface area contributed by atoms with Crippen molar-refractivity contribution in [3.63, 3.8) is 0 Å². The summed E-state index contributed by atoms with van der Waals surface area (Å²) in [6.07, 6.45) is 1.82. The highest BCUT2D eigenvalue weighted by Crippen LogP contribution is 1.89. The van der Waals surface area contributed by atoms with E-state index in [1.165, 1.54) is 11.6 Å². The second-order valence-electron chi connectivity index (χ2n) is 1.40. The zero-order chi connectivity index (χ0) is 6.57. The van der Waals surface area contributed by atoms with E-state index in [2.05, 4.69) is 0 Å². The summed E-state index contributed by atoms with van der Waals surface area (Å²) in [5.74, 6) is -1.63. The van der Waals surface area contributed by atoms with Gasteiger partial charge in [0.15, 0.2) is 0 Å². The Balaban J connectivity index is 3.32. The molecule has 1 unspecified atom stereocenters. The second kappa shape index (κ2) is 3.80. The first-order chi connectivity index (χ1) is 3.68. The van der Waals surface area contributed by atoms with Gasteiger partial charge in [0.05, 0.1) is 5.94 Å². The van der Waals surface area contributed by atoms with Crippen LogP contribution in [0, 0.1) is 0 Å². The molecule has 0 amide bonds. The van der Waals surface area contributed by atoms with E-state index in [0.717, 1.165) is 0 Å². The summed E-state index contributed by atoms with van der Waals surface area (Å²) >= 11 is 1.43. The Hall–Kier alpha value is -0.155. The maximum atomic E-state index is 9.95. The van der Waals surface area contributed by atoms with E-state index in [-0.39, 0.29) is 0 Å². The Bertz CT molecular complexity index is 89.4. The smallest absolute Gasteiger partial charge is 0.313 e. The SMILES string of the molecule is CSBC(N)C(=O)O. The van der Waals surface area contributed by atoms with Crippen molar-refractivity contribution in [2.45, 2.75) is 5.94 Å². The Kier molecular flexibility index (Phi) is 3.73. The lowest BCUT2D eigenvalue weighted by Crippen LogP contribution is -2.34. The monoisotopic (exact) mass is 133 g/mol. The molecule has 0 aliphatic carbocycles. The van der Waals surface area contributed by atoms with Gasteiger partial charge in [-0.15, -0.1) is 0 Å². The molecular weight excluding hydrogens is 125 g/mol. The van der Waals surface area contributed by atoms with E-state index in [9.17, 15) is 4.79 Å². The molecule has 0 aromatic heterocycles. The van der Waals surface area contributed by atoms with Gasteiger partial charge in [0, 0.05) is 0 Å². The van der Waals surface area contributed by atoms with Gasteiger partial charge >= 0.3 is 5.97 Å². The van der Waals surface area contributed by atoms with Crippen molar-refractivity contribution in [2.24, 2.45) is 5.73 Å². The van der Waals surface area contributed by atoms with Gasteiger partial charge in [0.25, 0.3) is 0 Å². The maximum Gasteiger partial charge on any atom is 0.313 e. The summed E-state index contributed by atoms with van der Waals surface area (Å²) in [7, 11) is 0. The summed E-state index contributed by atoms with van der Waals surface area (Å²) in [6.45, 7) is 0.481. The zero-order valence-electron chi connectivity index (χ0n) is 4.63. The molecular formula is C3H8BNO2S. The van der Waals surface area contributed by atoms with Gasteiger partial charge in [0.2, 0.25) is 6.56 Å². The first kappa shape index (κ1) is 7.84. The van der Waals surface area contributed by atoms with E-state index in [1.807, 2.05) is 6.26 Å². The van der Waals surface area contributed by atoms with Gasteiger partial charge in [-0.3, -0.25) is 4.79 Å². The van der Waals surface area contributed by atoms with Crippen LogP contribution in [0.4, 0.5) is 0 Å². The minimum Gasteiger partial charge on any atom is -0.481 e. The number of carboxylic acid groups (broad SMARTS) is 1. The highest BCUT2D eigenvalue weighted by atomic mass is 32.2. The number of rotatable bonds is 3. The average molecular weight is 133 g/mol. The molecule has 0 heterocycles.